The summed E-state index contributed by atoms with van der Waals surface area (Å²) in [6, 6.07) is 1.78. The summed E-state index contributed by atoms with van der Waals surface area (Å²) in [6.07, 6.45) is 5.93. The Hall–Kier alpha value is -1.71. The number of nitrogen functional groups attached to an aromatic ring is 1. The molecule has 0 aliphatic carbocycles. The van der Waals surface area contributed by atoms with E-state index in [0.29, 0.717) is 17.9 Å². The lowest BCUT2D eigenvalue weighted by Crippen LogP contribution is -2.35. The van der Waals surface area contributed by atoms with Gasteiger partial charge in [0.05, 0.1) is 5.69 Å². The van der Waals surface area contributed by atoms with Crippen LogP contribution in [0.15, 0.2) is 23.9 Å². The quantitative estimate of drug-likeness (QED) is 0.833. The Morgan fingerprint density at radius 2 is 2.28 bits per heavy atom. The van der Waals surface area contributed by atoms with E-state index < -0.39 is 0 Å². The van der Waals surface area contributed by atoms with Crippen LogP contribution < -0.4 is 5.73 Å². The maximum atomic E-state index is 12.4. The third kappa shape index (κ3) is 2.58. The number of aromatic nitrogens is 1. The van der Waals surface area contributed by atoms with Crippen molar-refractivity contribution in [3.05, 3.63) is 29.6 Å². The average Bonchev–Trinajstić information content (AvgIpc) is 2.71. The topological polar surface area (TPSA) is 51.3 Å². The molecule has 0 aromatic carbocycles. The SMILES string of the molecule is CCCn1cc(N)cc1C(=O)N1CC=C(C)CC1. The normalized spacial score (nSPS) is 15.7. The molecule has 0 saturated carbocycles. The third-order valence-corrected chi connectivity index (χ3v) is 3.32. The number of hydrogen-bond donors (Lipinski definition) is 1. The second kappa shape index (κ2) is 5.29. The Morgan fingerprint density at radius 1 is 1.50 bits per heavy atom. The molecule has 18 heavy (non-hydrogen) atoms. The second-order valence-corrected chi connectivity index (χ2v) is 4.90. The van der Waals surface area contributed by atoms with Gasteiger partial charge in [-0.05, 0) is 25.8 Å². The van der Waals surface area contributed by atoms with Gasteiger partial charge in [-0.3, -0.25) is 4.79 Å². The van der Waals surface area contributed by atoms with E-state index in [2.05, 4.69) is 19.9 Å². The van der Waals surface area contributed by atoms with Crippen molar-refractivity contribution in [3.63, 3.8) is 0 Å². The maximum Gasteiger partial charge on any atom is 0.270 e. The molecule has 0 bridgehead atoms. The fourth-order valence-electron chi connectivity index (χ4n) is 2.26. The van der Waals surface area contributed by atoms with Gasteiger partial charge in [-0.1, -0.05) is 18.6 Å². The number of amides is 1. The van der Waals surface area contributed by atoms with E-state index in [0.717, 1.165) is 25.9 Å². The molecule has 1 aliphatic heterocycles. The monoisotopic (exact) mass is 247 g/mol. The van der Waals surface area contributed by atoms with E-state index in [1.54, 1.807) is 6.07 Å². The van der Waals surface area contributed by atoms with E-state index >= 15 is 0 Å². The van der Waals surface area contributed by atoms with Crippen LogP contribution in [0.3, 0.4) is 0 Å². The van der Waals surface area contributed by atoms with E-state index in [1.807, 2.05) is 15.7 Å². The average molecular weight is 247 g/mol. The highest BCUT2D eigenvalue weighted by Crippen LogP contribution is 2.17. The third-order valence-electron chi connectivity index (χ3n) is 3.32. The Labute approximate surface area is 108 Å². The number of nitrogens with zero attached hydrogens (tertiary/aromatic N) is 2. The van der Waals surface area contributed by atoms with Crippen LogP contribution in [0.1, 0.15) is 37.2 Å². The number of rotatable bonds is 3. The molecule has 4 nitrogen and oxygen atoms in total. The molecule has 2 N–H and O–H groups in total. The molecule has 98 valence electrons. The number of nitrogens with two attached hydrogens (primary N) is 1. The molecular formula is C14H21N3O. The summed E-state index contributed by atoms with van der Waals surface area (Å²) in [5.41, 5.74) is 8.53. The second-order valence-electron chi connectivity index (χ2n) is 4.90. The first-order chi connectivity index (χ1) is 8.61. The zero-order valence-electron chi connectivity index (χ0n) is 11.1. The predicted octanol–water partition coefficient (Wildman–Crippen LogP) is 2.27. The molecule has 0 spiro atoms. The molecule has 1 amide bonds. The van der Waals surface area contributed by atoms with Gasteiger partial charge in [-0.2, -0.15) is 0 Å². The maximum absolute atomic E-state index is 12.4. The van der Waals surface area contributed by atoms with E-state index in [4.69, 9.17) is 5.73 Å². The minimum atomic E-state index is 0.0869. The molecule has 0 atom stereocenters. The molecule has 0 radical (unpaired) electrons. The first-order valence-electron chi connectivity index (χ1n) is 6.52. The summed E-state index contributed by atoms with van der Waals surface area (Å²) in [7, 11) is 0. The lowest BCUT2D eigenvalue weighted by molar-refractivity contribution is 0.0758. The van der Waals surface area contributed by atoms with Gasteiger partial charge in [-0.15, -0.1) is 0 Å². The Kier molecular flexibility index (Phi) is 3.75. The summed E-state index contributed by atoms with van der Waals surface area (Å²) >= 11 is 0. The Morgan fingerprint density at radius 3 is 2.89 bits per heavy atom. The van der Waals surface area contributed by atoms with Crippen LogP contribution in [0.5, 0.6) is 0 Å². The minimum Gasteiger partial charge on any atom is -0.397 e. The van der Waals surface area contributed by atoms with Crippen LogP contribution in [0.2, 0.25) is 0 Å². The van der Waals surface area contributed by atoms with Crippen LogP contribution in [-0.2, 0) is 6.54 Å². The van der Waals surface area contributed by atoms with E-state index in [-0.39, 0.29) is 5.91 Å². The van der Waals surface area contributed by atoms with Gasteiger partial charge in [0.2, 0.25) is 0 Å². The Bertz CT molecular complexity index is 473. The highest BCUT2D eigenvalue weighted by atomic mass is 16.2. The van der Waals surface area contributed by atoms with Crippen LogP contribution in [0.25, 0.3) is 0 Å². The minimum absolute atomic E-state index is 0.0869. The van der Waals surface area contributed by atoms with Crippen LogP contribution in [-0.4, -0.2) is 28.5 Å². The lowest BCUT2D eigenvalue weighted by Gasteiger charge is -2.25. The standard InChI is InChI=1S/C14H21N3O/c1-3-6-17-10-12(15)9-13(17)14(18)16-7-4-11(2)5-8-16/h4,9-10H,3,5-8,15H2,1-2H3. The summed E-state index contributed by atoms with van der Waals surface area (Å²) in [5.74, 6) is 0.0869. The van der Waals surface area contributed by atoms with Crippen molar-refractivity contribution in [1.29, 1.82) is 0 Å². The summed E-state index contributed by atoms with van der Waals surface area (Å²) in [4.78, 5) is 14.3. The van der Waals surface area contributed by atoms with Crippen molar-refractivity contribution < 1.29 is 4.79 Å². The molecule has 4 heteroatoms. The van der Waals surface area contributed by atoms with Crippen LogP contribution >= 0.6 is 0 Å². The predicted molar refractivity (Wildman–Crippen MR) is 73.4 cm³/mol. The van der Waals surface area contributed by atoms with Gasteiger partial charge in [-0.25, -0.2) is 0 Å². The van der Waals surface area contributed by atoms with Gasteiger partial charge in [0.15, 0.2) is 0 Å². The molecule has 1 aromatic heterocycles. The van der Waals surface area contributed by atoms with Crippen molar-refractivity contribution in [2.75, 3.05) is 18.8 Å². The van der Waals surface area contributed by atoms with Gasteiger partial charge < -0.3 is 15.2 Å². The number of hydrogen-bond acceptors (Lipinski definition) is 2. The van der Waals surface area contributed by atoms with Crippen molar-refractivity contribution in [2.24, 2.45) is 0 Å². The fourth-order valence-corrected chi connectivity index (χ4v) is 2.26. The van der Waals surface area contributed by atoms with Crippen LogP contribution in [0.4, 0.5) is 5.69 Å². The smallest absolute Gasteiger partial charge is 0.270 e. The van der Waals surface area contributed by atoms with E-state index in [1.165, 1.54) is 5.57 Å². The van der Waals surface area contributed by atoms with Gasteiger partial charge in [0, 0.05) is 25.8 Å². The van der Waals surface area contributed by atoms with Gasteiger partial charge in [0.1, 0.15) is 5.69 Å². The van der Waals surface area contributed by atoms with Crippen LogP contribution in [0, 0.1) is 0 Å². The number of carbonyl (C=O) groups excluding carboxylic acids is 1. The highest BCUT2D eigenvalue weighted by Gasteiger charge is 2.20. The summed E-state index contributed by atoms with van der Waals surface area (Å²) in [5, 5.41) is 0. The highest BCUT2D eigenvalue weighted by molar-refractivity contribution is 5.94. The van der Waals surface area contributed by atoms with E-state index in [9.17, 15) is 4.79 Å². The van der Waals surface area contributed by atoms with Crippen molar-refractivity contribution >= 4 is 11.6 Å². The first kappa shape index (κ1) is 12.7. The molecule has 2 heterocycles. The summed E-state index contributed by atoms with van der Waals surface area (Å²) in [6.45, 7) is 6.55. The molecule has 1 aliphatic rings. The zero-order chi connectivity index (χ0) is 13.1. The van der Waals surface area contributed by atoms with Crippen molar-refractivity contribution in [2.45, 2.75) is 33.2 Å². The molecule has 0 unspecified atom stereocenters. The number of aryl methyl sites for hydroxylation is 1. The molecular weight excluding hydrogens is 226 g/mol. The molecule has 2 rings (SSSR count). The Balaban J connectivity index is 2.18. The largest absolute Gasteiger partial charge is 0.397 e. The lowest BCUT2D eigenvalue weighted by atomic mass is 10.1. The number of carbonyl (C=O) groups is 1. The molecule has 0 saturated heterocycles. The summed E-state index contributed by atoms with van der Waals surface area (Å²) < 4.78 is 1.96. The van der Waals surface area contributed by atoms with Crippen molar-refractivity contribution in [3.8, 4) is 0 Å². The first-order valence-corrected chi connectivity index (χ1v) is 6.52. The number of anilines is 1. The zero-order valence-corrected chi connectivity index (χ0v) is 11.1. The van der Waals surface area contributed by atoms with Gasteiger partial charge >= 0.3 is 0 Å². The fraction of sp³-hybridized carbons (Fsp3) is 0.500. The molecule has 1 aromatic rings. The van der Waals surface area contributed by atoms with Gasteiger partial charge in [0.25, 0.3) is 5.91 Å². The van der Waals surface area contributed by atoms with Crippen molar-refractivity contribution in [1.82, 2.24) is 9.47 Å². The molecule has 0 fully saturated rings.